The lowest BCUT2D eigenvalue weighted by Crippen LogP contribution is -2.38. The van der Waals surface area contributed by atoms with Gasteiger partial charge in [-0.2, -0.15) is 0 Å². The molecule has 122 valence electrons. The number of benzene rings is 1. The molecule has 0 aromatic heterocycles. The highest BCUT2D eigenvalue weighted by molar-refractivity contribution is 7.89. The van der Waals surface area contributed by atoms with Crippen LogP contribution in [0.5, 0.6) is 5.75 Å². The van der Waals surface area contributed by atoms with E-state index in [0.29, 0.717) is 19.6 Å². The Balaban J connectivity index is 2.03. The first-order chi connectivity index (χ1) is 10.4. The SMILES string of the molecule is CCCS(=O)(=O)NC1CC(=O)N(c2ccc(OCC)cc2)C1. The number of hydrogen-bond donors (Lipinski definition) is 1. The van der Waals surface area contributed by atoms with Crippen LogP contribution in [0.2, 0.25) is 0 Å². The van der Waals surface area contributed by atoms with Crippen LogP contribution in [-0.4, -0.2) is 39.3 Å². The summed E-state index contributed by atoms with van der Waals surface area (Å²) >= 11 is 0. The van der Waals surface area contributed by atoms with Crippen LogP contribution in [0.25, 0.3) is 0 Å². The van der Waals surface area contributed by atoms with Gasteiger partial charge in [0.25, 0.3) is 0 Å². The summed E-state index contributed by atoms with van der Waals surface area (Å²) < 4.78 is 31.6. The van der Waals surface area contributed by atoms with E-state index >= 15 is 0 Å². The fraction of sp³-hybridized carbons (Fsp3) is 0.533. The molecule has 6 nitrogen and oxygen atoms in total. The van der Waals surface area contributed by atoms with Crippen molar-refractivity contribution in [1.29, 1.82) is 0 Å². The van der Waals surface area contributed by atoms with Crippen LogP contribution in [0.4, 0.5) is 5.69 Å². The molecule has 0 aliphatic carbocycles. The Kier molecular flexibility index (Phi) is 5.42. The standard InChI is InChI=1S/C15H22N2O4S/c1-3-9-22(19,20)16-12-10-15(18)17(11-12)13-5-7-14(8-6-13)21-4-2/h5-8,12,16H,3-4,9-11H2,1-2H3. The summed E-state index contributed by atoms with van der Waals surface area (Å²) in [5, 5.41) is 0. The van der Waals surface area contributed by atoms with Crippen molar-refractivity contribution in [2.45, 2.75) is 32.7 Å². The molecular formula is C15H22N2O4S. The van der Waals surface area contributed by atoms with Gasteiger partial charge in [-0.3, -0.25) is 4.79 Å². The summed E-state index contributed by atoms with van der Waals surface area (Å²) in [6.07, 6.45) is 0.745. The van der Waals surface area contributed by atoms with Crippen molar-refractivity contribution in [2.75, 3.05) is 23.8 Å². The van der Waals surface area contributed by atoms with Crippen molar-refractivity contribution in [3.05, 3.63) is 24.3 Å². The summed E-state index contributed by atoms with van der Waals surface area (Å²) in [6, 6.07) is 6.87. The Morgan fingerprint density at radius 1 is 1.27 bits per heavy atom. The molecule has 1 aromatic rings. The topological polar surface area (TPSA) is 75.7 Å². The number of amides is 1. The molecule has 1 unspecified atom stereocenters. The van der Waals surface area contributed by atoms with Crippen molar-refractivity contribution >= 4 is 21.6 Å². The van der Waals surface area contributed by atoms with Gasteiger partial charge in [0, 0.05) is 24.7 Å². The third kappa shape index (κ3) is 4.20. The minimum atomic E-state index is -3.31. The Hall–Kier alpha value is -1.60. The molecule has 1 saturated heterocycles. The number of ether oxygens (including phenoxy) is 1. The molecular weight excluding hydrogens is 304 g/mol. The van der Waals surface area contributed by atoms with Gasteiger partial charge in [-0.15, -0.1) is 0 Å². The highest BCUT2D eigenvalue weighted by atomic mass is 32.2. The van der Waals surface area contributed by atoms with Crippen LogP contribution in [0.15, 0.2) is 24.3 Å². The predicted molar refractivity (Wildman–Crippen MR) is 85.6 cm³/mol. The zero-order valence-electron chi connectivity index (χ0n) is 12.9. The summed E-state index contributed by atoms with van der Waals surface area (Å²) in [5.41, 5.74) is 0.755. The predicted octanol–water partition coefficient (Wildman–Crippen LogP) is 1.52. The Morgan fingerprint density at radius 3 is 2.55 bits per heavy atom. The maximum atomic E-state index is 12.1. The second-order valence-corrected chi connectivity index (χ2v) is 7.14. The zero-order chi connectivity index (χ0) is 16.2. The highest BCUT2D eigenvalue weighted by Crippen LogP contribution is 2.24. The van der Waals surface area contributed by atoms with Crippen LogP contribution in [0.3, 0.4) is 0 Å². The van der Waals surface area contributed by atoms with E-state index in [0.717, 1.165) is 11.4 Å². The van der Waals surface area contributed by atoms with Gasteiger partial charge in [0.1, 0.15) is 5.75 Å². The van der Waals surface area contributed by atoms with E-state index in [1.54, 1.807) is 17.0 Å². The molecule has 1 aliphatic rings. The third-order valence-corrected chi connectivity index (χ3v) is 5.04. The number of sulfonamides is 1. The largest absolute Gasteiger partial charge is 0.494 e. The van der Waals surface area contributed by atoms with Gasteiger partial charge in [0.15, 0.2) is 0 Å². The van der Waals surface area contributed by atoms with Gasteiger partial charge in [0.05, 0.1) is 12.4 Å². The summed E-state index contributed by atoms with van der Waals surface area (Å²) in [6.45, 7) is 4.66. The monoisotopic (exact) mass is 326 g/mol. The first kappa shape index (κ1) is 16.8. The maximum absolute atomic E-state index is 12.1. The second-order valence-electron chi connectivity index (χ2n) is 5.27. The van der Waals surface area contributed by atoms with Gasteiger partial charge >= 0.3 is 0 Å². The molecule has 0 radical (unpaired) electrons. The lowest BCUT2D eigenvalue weighted by molar-refractivity contribution is -0.117. The highest BCUT2D eigenvalue weighted by Gasteiger charge is 2.32. The molecule has 1 N–H and O–H groups in total. The number of hydrogen-bond acceptors (Lipinski definition) is 4. The van der Waals surface area contributed by atoms with Crippen LogP contribution < -0.4 is 14.4 Å². The van der Waals surface area contributed by atoms with Crippen molar-refractivity contribution in [3.63, 3.8) is 0 Å². The molecule has 1 aromatic carbocycles. The molecule has 1 amide bonds. The number of carbonyl (C=O) groups excluding carboxylic acids is 1. The van der Waals surface area contributed by atoms with Gasteiger partial charge in [-0.05, 0) is 37.6 Å². The molecule has 7 heteroatoms. The van der Waals surface area contributed by atoms with Crippen LogP contribution in [0.1, 0.15) is 26.7 Å². The first-order valence-electron chi connectivity index (χ1n) is 7.48. The molecule has 1 aliphatic heterocycles. The Labute approximate surface area is 131 Å². The molecule has 0 spiro atoms. The van der Waals surface area contributed by atoms with Crippen LogP contribution in [-0.2, 0) is 14.8 Å². The van der Waals surface area contributed by atoms with E-state index in [1.165, 1.54) is 0 Å². The van der Waals surface area contributed by atoms with Crippen LogP contribution >= 0.6 is 0 Å². The fourth-order valence-electron chi connectivity index (χ4n) is 2.51. The molecule has 0 bridgehead atoms. The number of nitrogens with one attached hydrogen (secondary N) is 1. The van der Waals surface area contributed by atoms with Gasteiger partial charge in [-0.25, -0.2) is 13.1 Å². The minimum absolute atomic E-state index is 0.0756. The minimum Gasteiger partial charge on any atom is -0.494 e. The molecule has 0 saturated carbocycles. The van der Waals surface area contributed by atoms with Crippen molar-refractivity contribution in [2.24, 2.45) is 0 Å². The first-order valence-corrected chi connectivity index (χ1v) is 9.13. The molecule has 1 heterocycles. The van der Waals surface area contributed by atoms with E-state index in [4.69, 9.17) is 4.74 Å². The lowest BCUT2D eigenvalue weighted by atomic mass is 10.3. The molecule has 22 heavy (non-hydrogen) atoms. The summed E-state index contributed by atoms with van der Waals surface area (Å²) in [7, 11) is -3.31. The quantitative estimate of drug-likeness (QED) is 0.824. The van der Waals surface area contributed by atoms with E-state index in [9.17, 15) is 13.2 Å². The lowest BCUT2D eigenvalue weighted by Gasteiger charge is -2.17. The summed E-state index contributed by atoms with van der Waals surface area (Å²) in [4.78, 5) is 13.7. The number of anilines is 1. The van der Waals surface area contributed by atoms with E-state index < -0.39 is 10.0 Å². The zero-order valence-corrected chi connectivity index (χ0v) is 13.7. The van der Waals surface area contributed by atoms with Gasteiger partial charge in [-0.1, -0.05) is 6.92 Å². The van der Waals surface area contributed by atoms with E-state index in [2.05, 4.69) is 4.72 Å². The van der Waals surface area contributed by atoms with Crippen molar-refractivity contribution in [1.82, 2.24) is 4.72 Å². The smallest absolute Gasteiger partial charge is 0.228 e. The van der Waals surface area contributed by atoms with Gasteiger partial charge in [0.2, 0.25) is 15.9 Å². The average Bonchev–Trinajstić information content (AvgIpc) is 2.80. The normalized spacial score (nSPS) is 18.7. The fourth-order valence-corrected chi connectivity index (χ4v) is 3.83. The Morgan fingerprint density at radius 2 is 1.95 bits per heavy atom. The van der Waals surface area contributed by atoms with Gasteiger partial charge < -0.3 is 9.64 Å². The van der Waals surface area contributed by atoms with Crippen molar-refractivity contribution in [3.8, 4) is 5.75 Å². The van der Waals surface area contributed by atoms with Crippen molar-refractivity contribution < 1.29 is 17.9 Å². The maximum Gasteiger partial charge on any atom is 0.228 e. The average molecular weight is 326 g/mol. The number of rotatable bonds is 7. The molecule has 1 atom stereocenters. The molecule has 2 rings (SSSR count). The van der Waals surface area contributed by atoms with E-state index in [1.807, 2.05) is 26.0 Å². The second kappa shape index (κ2) is 7.11. The van der Waals surface area contributed by atoms with E-state index in [-0.39, 0.29) is 24.1 Å². The van der Waals surface area contributed by atoms with Crippen LogP contribution in [0, 0.1) is 0 Å². The molecule has 1 fully saturated rings. The number of nitrogens with zero attached hydrogens (tertiary/aromatic N) is 1. The number of carbonyl (C=O) groups is 1. The third-order valence-electron chi connectivity index (χ3n) is 3.40. The summed E-state index contributed by atoms with van der Waals surface area (Å²) in [5.74, 6) is 0.757. The Bertz CT molecular complexity index is 613.